The molecule has 0 amide bonds. The van der Waals surface area contributed by atoms with Crippen LogP contribution in [0.5, 0.6) is 0 Å². The number of carbonyl (C=O) groups is 1. The summed E-state index contributed by atoms with van der Waals surface area (Å²) in [5.41, 5.74) is 10.8. The Morgan fingerprint density at radius 1 is 1.31 bits per heavy atom. The van der Waals surface area contributed by atoms with Gasteiger partial charge in [-0.2, -0.15) is 5.26 Å². The van der Waals surface area contributed by atoms with Crippen molar-refractivity contribution in [3.05, 3.63) is 62.3 Å². The lowest BCUT2D eigenvalue weighted by molar-refractivity contribution is -0.139. The van der Waals surface area contributed by atoms with Gasteiger partial charge in [0.1, 0.15) is 22.6 Å². The van der Waals surface area contributed by atoms with Crippen LogP contribution in [-0.4, -0.2) is 17.6 Å². The van der Waals surface area contributed by atoms with Crippen LogP contribution < -0.4 is 5.73 Å². The van der Waals surface area contributed by atoms with E-state index < -0.39 is 11.9 Å². The quantitative estimate of drug-likeness (QED) is 0.591. The molecule has 2 N–H and O–H groups in total. The number of aromatic nitrogens is 1. The zero-order valence-corrected chi connectivity index (χ0v) is 17.8. The molecular weight excluding hydrogens is 390 g/mol. The molecule has 1 aliphatic heterocycles. The molecule has 1 aromatic carbocycles. The lowest BCUT2D eigenvalue weighted by Crippen LogP contribution is -2.26. The fourth-order valence-corrected chi connectivity index (χ4v) is 3.86. The molecule has 7 heteroatoms. The van der Waals surface area contributed by atoms with E-state index in [1.54, 1.807) is 13.8 Å². The number of fused-ring (bicyclic) bond motifs is 1. The average Bonchev–Trinajstić information content (AvgIpc) is 2.65. The van der Waals surface area contributed by atoms with Crippen molar-refractivity contribution in [2.75, 3.05) is 6.61 Å². The number of nitrogens with zero attached hydrogens (tertiary/aromatic N) is 2. The van der Waals surface area contributed by atoms with E-state index >= 15 is 0 Å². The third-order valence-corrected chi connectivity index (χ3v) is 5.66. The molecule has 6 nitrogen and oxygen atoms in total. The van der Waals surface area contributed by atoms with E-state index in [4.69, 9.17) is 26.8 Å². The molecule has 2 aromatic rings. The van der Waals surface area contributed by atoms with Gasteiger partial charge in [0.05, 0.1) is 23.6 Å². The summed E-state index contributed by atoms with van der Waals surface area (Å²) < 4.78 is 10.7. The van der Waals surface area contributed by atoms with E-state index in [9.17, 15) is 10.1 Å². The van der Waals surface area contributed by atoms with Crippen LogP contribution in [0, 0.1) is 32.1 Å². The Morgan fingerprint density at radius 3 is 2.62 bits per heavy atom. The first kappa shape index (κ1) is 20.7. The second-order valence-electron chi connectivity index (χ2n) is 6.99. The van der Waals surface area contributed by atoms with E-state index in [0.29, 0.717) is 5.56 Å². The minimum absolute atomic E-state index is 0.0592. The second-order valence-corrected chi connectivity index (χ2v) is 7.35. The van der Waals surface area contributed by atoms with Crippen molar-refractivity contribution in [1.82, 2.24) is 4.98 Å². The van der Waals surface area contributed by atoms with Gasteiger partial charge < -0.3 is 15.2 Å². The van der Waals surface area contributed by atoms with Crippen LogP contribution in [0.4, 0.5) is 0 Å². The largest absolute Gasteiger partial charge is 0.463 e. The van der Waals surface area contributed by atoms with Crippen molar-refractivity contribution < 1.29 is 14.3 Å². The first-order chi connectivity index (χ1) is 13.7. The maximum Gasteiger partial charge on any atom is 0.338 e. The molecule has 1 atom stereocenters. The van der Waals surface area contributed by atoms with Crippen LogP contribution in [0.2, 0.25) is 5.15 Å². The molecule has 0 saturated heterocycles. The van der Waals surface area contributed by atoms with Gasteiger partial charge >= 0.3 is 5.97 Å². The van der Waals surface area contributed by atoms with Gasteiger partial charge in [-0.15, -0.1) is 0 Å². The third kappa shape index (κ3) is 3.43. The zero-order chi connectivity index (χ0) is 21.5. The molecule has 0 spiro atoms. The molecule has 3 rings (SSSR count). The van der Waals surface area contributed by atoms with Crippen molar-refractivity contribution >= 4 is 28.5 Å². The number of halogens is 1. The lowest BCUT2D eigenvalue weighted by Gasteiger charge is -2.27. The standard InChI is InChI=1S/C22H22ClN3O3/c1-6-28-22(27)18-13(5)29-21(25)16(9-24)19(18)15-8-14-12(4)11(3)10(2)7-17(14)26-20(15)23/h7-8,19H,6,25H2,1-5H3. The van der Waals surface area contributed by atoms with Crippen LogP contribution in [-0.2, 0) is 14.3 Å². The fourth-order valence-electron chi connectivity index (χ4n) is 3.61. The zero-order valence-electron chi connectivity index (χ0n) is 17.0. The number of benzene rings is 1. The summed E-state index contributed by atoms with van der Waals surface area (Å²) in [4.78, 5) is 17.3. The molecule has 0 radical (unpaired) electrons. The van der Waals surface area contributed by atoms with Crippen molar-refractivity contribution in [3.63, 3.8) is 0 Å². The molecule has 2 heterocycles. The Labute approximate surface area is 174 Å². The van der Waals surface area contributed by atoms with E-state index in [-0.39, 0.29) is 34.5 Å². The van der Waals surface area contributed by atoms with Crippen LogP contribution in [0.1, 0.15) is 42.0 Å². The molecule has 150 valence electrons. The summed E-state index contributed by atoms with van der Waals surface area (Å²) in [5, 5.41) is 10.8. The Morgan fingerprint density at radius 2 is 2.00 bits per heavy atom. The Kier molecular flexibility index (Phi) is 5.54. The summed E-state index contributed by atoms with van der Waals surface area (Å²) >= 11 is 6.55. The van der Waals surface area contributed by atoms with Crippen LogP contribution in [0.3, 0.4) is 0 Å². The van der Waals surface area contributed by atoms with Gasteiger partial charge in [-0.05, 0) is 63.4 Å². The SMILES string of the molecule is CCOC(=O)C1=C(C)OC(N)=C(C#N)C1c1cc2c(C)c(C)c(C)cc2nc1Cl. The molecule has 29 heavy (non-hydrogen) atoms. The number of aryl methyl sites for hydroxylation is 2. The van der Waals surface area contributed by atoms with Crippen LogP contribution >= 0.6 is 11.6 Å². The van der Waals surface area contributed by atoms with Gasteiger partial charge in [-0.3, -0.25) is 0 Å². The highest BCUT2D eigenvalue weighted by atomic mass is 35.5. The molecule has 0 aliphatic carbocycles. The van der Waals surface area contributed by atoms with Crippen LogP contribution in [0.25, 0.3) is 10.9 Å². The lowest BCUT2D eigenvalue weighted by atomic mass is 9.83. The van der Waals surface area contributed by atoms with Crippen molar-refractivity contribution in [2.24, 2.45) is 5.73 Å². The minimum Gasteiger partial charge on any atom is -0.463 e. The van der Waals surface area contributed by atoms with E-state index in [0.717, 1.165) is 27.6 Å². The number of nitriles is 1. The van der Waals surface area contributed by atoms with Crippen molar-refractivity contribution in [1.29, 1.82) is 5.26 Å². The molecule has 1 aliphatic rings. The molecular formula is C22H22ClN3O3. The number of pyridine rings is 1. The van der Waals surface area contributed by atoms with Gasteiger partial charge in [-0.25, -0.2) is 9.78 Å². The minimum atomic E-state index is -0.821. The normalized spacial score (nSPS) is 16.7. The van der Waals surface area contributed by atoms with Crippen LogP contribution in [0.15, 0.2) is 34.9 Å². The summed E-state index contributed by atoms with van der Waals surface area (Å²) in [7, 11) is 0. The highest BCUT2D eigenvalue weighted by molar-refractivity contribution is 6.31. The highest BCUT2D eigenvalue weighted by Crippen LogP contribution is 2.43. The summed E-state index contributed by atoms with van der Waals surface area (Å²) in [6.45, 7) is 9.58. The molecule has 1 aromatic heterocycles. The summed E-state index contributed by atoms with van der Waals surface area (Å²) in [6, 6.07) is 5.91. The summed E-state index contributed by atoms with van der Waals surface area (Å²) in [6.07, 6.45) is 0. The number of carbonyl (C=O) groups excluding carboxylic acids is 1. The predicted molar refractivity (Wildman–Crippen MR) is 111 cm³/mol. The Balaban J connectivity index is 2.33. The average molecular weight is 412 g/mol. The number of hydrogen-bond acceptors (Lipinski definition) is 6. The van der Waals surface area contributed by atoms with Gasteiger partial charge in [0, 0.05) is 10.9 Å². The number of hydrogen-bond donors (Lipinski definition) is 1. The smallest absolute Gasteiger partial charge is 0.338 e. The second kappa shape index (κ2) is 7.76. The number of rotatable bonds is 3. The molecule has 0 fully saturated rings. The van der Waals surface area contributed by atoms with Crippen molar-refractivity contribution in [3.8, 4) is 6.07 Å². The topological polar surface area (TPSA) is 98.2 Å². The fraction of sp³-hybridized carbons (Fsp3) is 0.318. The summed E-state index contributed by atoms with van der Waals surface area (Å²) in [5.74, 6) is -1.18. The number of nitrogens with two attached hydrogens (primary N) is 1. The number of allylic oxidation sites excluding steroid dienone is 2. The van der Waals surface area contributed by atoms with E-state index in [1.807, 2.05) is 32.9 Å². The van der Waals surface area contributed by atoms with E-state index in [2.05, 4.69) is 11.1 Å². The monoisotopic (exact) mass is 411 g/mol. The first-order valence-electron chi connectivity index (χ1n) is 9.23. The highest BCUT2D eigenvalue weighted by Gasteiger charge is 2.38. The maximum absolute atomic E-state index is 12.7. The van der Waals surface area contributed by atoms with E-state index in [1.165, 1.54) is 0 Å². The van der Waals surface area contributed by atoms with Crippen molar-refractivity contribution in [2.45, 2.75) is 40.5 Å². The first-order valence-corrected chi connectivity index (χ1v) is 9.61. The third-order valence-electron chi connectivity index (χ3n) is 5.36. The Bertz CT molecular complexity index is 1140. The van der Waals surface area contributed by atoms with Gasteiger partial charge in [0.15, 0.2) is 0 Å². The molecule has 1 unspecified atom stereocenters. The van der Waals surface area contributed by atoms with Gasteiger partial charge in [0.2, 0.25) is 5.88 Å². The predicted octanol–water partition coefficient (Wildman–Crippen LogP) is 4.46. The van der Waals surface area contributed by atoms with Gasteiger partial charge in [-0.1, -0.05) is 11.6 Å². The maximum atomic E-state index is 12.7. The van der Waals surface area contributed by atoms with Gasteiger partial charge in [0.25, 0.3) is 0 Å². The Hall–Kier alpha value is -3.04. The molecule has 0 bridgehead atoms. The number of esters is 1. The number of ether oxygens (including phenoxy) is 2. The molecule has 0 saturated carbocycles.